The van der Waals surface area contributed by atoms with Gasteiger partial charge in [0.2, 0.25) is 5.91 Å². The highest BCUT2D eigenvalue weighted by molar-refractivity contribution is 5.85. The van der Waals surface area contributed by atoms with Crippen LogP contribution in [0.2, 0.25) is 0 Å². The first kappa shape index (κ1) is 19.5. The van der Waals surface area contributed by atoms with Gasteiger partial charge in [0.05, 0.1) is 13.7 Å². The normalized spacial score (nSPS) is 11.2. The zero-order chi connectivity index (χ0) is 15.0. The predicted molar refractivity (Wildman–Crippen MR) is 86.3 cm³/mol. The molecule has 0 saturated carbocycles. The van der Waals surface area contributed by atoms with E-state index in [1.165, 1.54) is 0 Å². The maximum Gasteiger partial charge on any atom is 0.222 e. The van der Waals surface area contributed by atoms with Crippen LogP contribution in [0.3, 0.4) is 0 Å². The predicted octanol–water partition coefficient (Wildman–Crippen LogP) is 2.08. The van der Waals surface area contributed by atoms with Crippen LogP contribution < -0.4 is 15.2 Å². The monoisotopic (exact) mass is 316 g/mol. The molecular formula is C15H25ClN2O3. The molecule has 0 aliphatic rings. The Kier molecular flexibility index (Phi) is 9.58. The molecule has 21 heavy (non-hydrogen) atoms. The first-order valence-electron chi connectivity index (χ1n) is 6.79. The summed E-state index contributed by atoms with van der Waals surface area (Å²) in [5, 5.41) is 0. The largest absolute Gasteiger partial charge is 0.497 e. The van der Waals surface area contributed by atoms with E-state index in [1.807, 2.05) is 31.2 Å². The van der Waals surface area contributed by atoms with Crippen LogP contribution in [-0.4, -0.2) is 44.2 Å². The molecule has 0 radical (unpaired) electrons. The van der Waals surface area contributed by atoms with Crippen LogP contribution in [0.5, 0.6) is 11.5 Å². The molecule has 2 N–H and O–H groups in total. The second kappa shape index (κ2) is 10.3. The standard InChI is InChI=1S/C15H24N2O3.ClH/c1-12(16)4-9-15(18)17(2)10-11-20-14-7-5-13(19-3)6-8-14;/h5-8,12H,4,9-11,16H2,1-3H3;1H. The number of methoxy groups -OCH3 is 1. The third-order valence-electron chi connectivity index (χ3n) is 2.99. The van der Waals surface area contributed by atoms with Crippen LogP contribution >= 0.6 is 12.4 Å². The lowest BCUT2D eigenvalue weighted by molar-refractivity contribution is -0.130. The Hall–Kier alpha value is -1.46. The molecule has 1 aromatic carbocycles. The molecule has 0 bridgehead atoms. The lowest BCUT2D eigenvalue weighted by atomic mass is 10.2. The number of rotatable bonds is 8. The molecule has 1 aromatic rings. The van der Waals surface area contributed by atoms with Crippen molar-refractivity contribution < 1.29 is 14.3 Å². The van der Waals surface area contributed by atoms with E-state index in [0.29, 0.717) is 26.0 Å². The maximum atomic E-state index is 11.8. The quantitative estimate of drug-likeness (QED) is 0.797. The van der Waals surface area contributed by atoms with E-state index in [2.05, 4.69) is 0 Å². The number of carbonyl (C=O) groups excluding carboxylic acids is 1. The van der Waals surface area contributed by atoms with E-state index in [-0.39, 0.29) is 24.4 Å². The minimum Gasteiger partial charge on any atom is -0.497 e. The summed E-state index contributed by atoms with van der Waals surface area (Å²) in [5.74, 6) is 1.66. The fourth-order valence-corrected chi connectivity index (χ4v) is 1.64. The highest BCUT2D eigenvalue weighted by atomic mass is 35.5. The summed E-state index contributed by atoms with van der Waals surface area (Å²) in [4.78, 5) is 13.4. The van der Waals surface area contributed by atoms with E-state index in [1.54, 1.807) is 19.1 Å². The van der Waals surface area contributed by atoms with E-state index in [0.717, 1.165) is 11.5 Å². The van der Waals surface area contributed by atoms with Gasteiger partial charge in [0.1, 0.15) is 18.1 Å². The van der Waals surface area contributed by atoms with Gasteiger partial charge in [-0.2, -0.15) is 0 Å². The third kappa shape index (κ3) is 7.78. The van der Waals surface area contributed by atoms with Crippen LogP contribution in [0.25, 0.3) is 0 Å². The molecule has 0 aliphatic heterocycles. The smallest absolute Gasteiger partial charge is 0.222 e. The molecule has 0 saturated heterocycles. The molecule has 1 amide bonds. The molecular weight excluding hydrogens is 292 g/mol. The number of halogens is 1. The van der Waals surface area contributed by atoms with Crippen molar-refractivity contribution in [2.45, 2.75) is 25.8 Å². The first-order chi connectivity index (χ1) is 9.52. The summed E-state index contributed by atoms with van der Waals surface area (Å²) in [6.07, 6.45) is 1.19. The van der Waals surface area contributed by atoms with Gasteiger partial charge in [0.15, 0.2) is 0 Å². The molecule has 0 heterocycles. The third-order valence-corrected chi connectivity index (χ3v) is 2.99. The highest BCUT2D eigenvalue weighted by Gasteiger charge is 2.09. The summed E-state index contributed by atoms with van der Waals surface area (Å²) in [7, 11) is 3.40. The summed E-state index contributed by atoms with van der Waals surface area (Å²) < 4.78 is 10.6. The van der Waals surface area contributed by atoms with Crippen LogP contribution in [-0.2, 0) is 4.79 Å². The number of hydrogen-bond acceptors (Lipinski definition) is 4. The molecule has 120 valence electrons. The minimum absolute atomic E-state index is 0. The Labute approximate surface area is 132 Å². The average Bonchev–Trinajstić information content (AvgIpc) is 2.45. The van der Waals surface area contributed by atoms with Gasteiger partial charge >= 0.3 is 0 Å². The van der Waals surface area contributed by atoms with Gasteiger partial charge in [-0.3, -0.25) is 4.79 Å². The Balaban J connectivity index is 0.00000400. The van der Waals surface area contributed by atoms with Gasteiger partial charge in [-0.15, -0.1) is 12.4 Å². The second-order valence-corrected chi connectivity index (χ2v) is 4.86. The van der Waals surface area contributed by atoms with Gasteiger partial charge in [-0.25, -0.2) is 0 Å². The van der Waals surface area contributed by atoms with Crippen molar-refractivity contribution in [1.29, 1.82) is 0 Å². The van der Waals surface area contributed by atoms with E-state index in [4.69, 9.17) is 15.2 Å². The lowest BCUT2D eigenvalue weighted by Crippen LogP contribution is -2.31. The SMILES string of the molecule is COc1ccc(OCCN(C)C(=O)CCC(C)N)cc1.Cl. The average molecular weight is 317 g/mol. The molecule has 1 unspecified atom stereocenters. The molecule has 5 nitrogen and oxygen atoms in total. The van der Waals surface area contributed by atoms with Crippen molar-refractivity contribution in [3.63, 3.8) is 0 Å². The molecule has 1 atom stereocenters. The summed E-state index contributed by atoms with van der Waals surface area (Å²) in [5.41, 5.74) is 5.63. The lowest BCUT2D eigenvalue weighted by Gasteiger charge is -2.18. The van der Waals surface area contributed by atoms with Crippen LogP contribution in [0.1, 0.15) is 19.8 Å². The van der Waals surface area contributed by atoms with E-state index < -0.39 is 0 Å². The Morgan fingerprint density at radius 2 is 1.86 bits per heavy atom. The number of benzene rings is 1. The zero-order valence-corrected chi connectivity index (χ0v) is 13.7. The number of carbonyl (C=O) groups is 1. The van der Waals surface area contributed by atoms with Gasteiger partial charge in [-0.05, 0) is 37.6 Å². The minimum atomic E-state index is 0. The summed E-state index contributed by atoms with van der Waals surface area (Å²) >= 11 is 0. The van der Waals surface area contributed by atoms with E-state index in [9.17, 15) is 4.79 Å². The van der Waals surface area contributed by atoms with E-state index >= 15 is 0 Å². The van der Waals surface area contributed by atoms with Crippen molar-refractivity contribution in [3.8, 4) is 11.5 Å². The van der Waals surface area contributed by atoms with Crippen molar-refractivity contribution in [3.05, 3.63) is 24.3 Å². The highest BCUT2D eigenvalue weighted by Crippen LogP contribution is 2.16. The molecule has 0 fully saturated rings. The molecule has 1 rings (SSSR count). The molecule has 0 aliphatic carbocycles. The van der Waals surface area contributed by atoms with Crippen LogP contribution in [0, 0.1) is 0 Å². The maximum absolute atomic E-state index is 11.8. The van der Waals surface area contributed by atoms with Crippen molar-refractivity contribution in [2.24, 2.45) is 5.73 Å². The molecule has 0 aromatic heterocycles. The zero-order valence-electron chi connectivity index (χ0n) is 12.9. The number of ether oxygens (including phenoxy) is 2. The van der Waals surface area contributed by atoms with Gasteiger partial charge in [-0.1, -0.05) is 0 Å². The fourth-order valence-electron chi connectivity index (χ4n) is 1.64. The number of nitrogens with zero attached hydrogens (tertiary/aromatic N) is 1. The van der Waals surface area contributed by atoms with Crippen LogP contribution in [0.15, 0.2) is 24.3 Å². The Morgan fingerprint density at radius 3 is 2.38 bits per heavy atom. The van der Waals surface area contributed by atoms with Crippen LogP contribution in [0.4, 0.5) is 0 Å². The Bertz CT molecular complexity index is 410. The molecule has 6 heteroatoms. The number of nitrogens with two attached hydrogens (primary N) is 1. The summed E-state index contributed by atoms with van der Waals surface area (Å²) in [6.45, 7) is 2.93. The molecule has 0 spiro atoms. The first-order valence-corrected chi connectivity index (χ1v) is 6.79. The van der Waals surface area contributed by atoms with Gasteiger partial charge in [0, 0.05) is 19.5 Å². The van der Waals surface area contributed by atoms with Gasteiger partial charge < -0.3 is 20.1 Å². The number of likely N-dealkylation sites (N-methyl/N-ethyl adjacent to an activating group) is 1. The summed E-state index contributed by atoms with van der Waals surface area (Å²) in [6, 6.07) is 7.43. The van der Waals surface area contributed by atoms with Crippen molar-refractivity contribution in [1.82, 2.24) is 4.90 Å². The van der Waals surface area contributed by atoms with Gasteiger partial charge in [0.25, 0.3) is 0 Å². The Morgan fingerprint density at radius 1 is 1.29 bits per heavy atom. The second-order valence-electron chi connectivity index (χ2n) is 4.86. The van der Waals surface area contributed by atoms with Crippen molar-refractivity contribution in [2.75, 3.05) is 27.3 Å². The number of hydrogen-bond donors (Lipinski definition) is 1. The number of amides is 1. The fraction of sp³-hybridized carbons (Fsp3) is 0.533. The topological polar surface area (TPSA) is 64.8 Å². The van der Waals surface area contributed by atoms with Crippen molar-refractivity contribution >= 4 is 18.3 Å².